The second-order valence-electron chi connectivity index (χ2n) is 6.14. The van der Waals surface area contributed by atoms with E-state index < -0.39 is 0 Å². The summed E-state index contributed by atoms with van der Waals surface area (Å²) in [5.41, 5.74) is 0. The molecule has 1 N–H and O–H groups in total. The Labute approximate surface area is 121 Å². The van der Waals surface area contributed by atoms with Gasteiger partial charge >= 0.3 is 0 Å². The van der Waals surface area contributed by atoms with Gasteiger partial charge in [-0.05, 0) is 32.9 Å². The number of likely N-dealkylation sites (N-methyl/N-ethyl adjacent to an activating group) is 1. The molecule has 0 amide bonds. The van der Waals surface area contributed by atoms with Gasteiger partial charge in [-0.3, -0.25) is 4.90 Å². The Kier molecular flexibility index (Phi) is 4.17. The second kappa shape index (κ2) is 6.06. The molecule has 1 unspecified atom stereocenters. The van der Waals surface area contributed by atoms with E-state index in [9.17, 15) is 0 Å². The van der Waals surface area contributed by atoms with Gasteiger partial charge in [0.05, 0.1) is 0 Å². The van der Waals surface area contributed by atoms with Crippen LogP contribution in [-0.4, -0.2) is 65.6 Å². The number of anilines is 1. The highest BCUT2D eigenvalue weighted by Crippen LogP contribution is 2.37. The zero-order valence-corrected chi connectivity index (χ0v) is 12.5. The summed E-state index contributed by atoms with van der Waals surface area (Å²) in [6, 6.07) is 2.52. The lowest BCUT2D eigenvalue weighted by Crippen LogP contribution is -2.49. The molecule has 1 aromatic rings. The van der Waals surface area contributed by atoms with Crippen LogP contribution in [0.2, 0.25) is 0 Å². The van der Waals surface area contributed by atoms with Gasteiger partial charge in [0.25, 0.3) is 0 Å². The standard InChI is InChI=1S/C15H25N5/c1-12(20-9-7-19(2)8-10-20)11-17-14-5-6-16-15(18-14)13-3-4-13/h5-6,12-13H,3-4,7-11H2,1-2H3,(H,16,17,18). The SMILES string of the molecule is CC(CNc1ccnc(C2CC2)n1)N1CCN(C)CC1. The number of hydrogen-bond donors (Lipinski definition) is 1. The van der Waals surface area contributed by atoms with Crippen LogP contribution >= 0.6 is 0 Å². The quantitative estimate of drug-likeness (QED) is 0.880. The first-order valence-electron chi connectivity index (χ1n) is 7.72. The summed E-state index contributed by atoms with van der Waals surface area (Å²) < 4.78 is 0. The lowest BCUT2D eigenvalue weighted by Gasteiger charge is -2.36. The van der Waals surface area contributed by atoms with Gasteiger partial charge in [-0.2, -0.15) is 0 Å². The van der Waals surface area contributed by atoms with Gasteiger partial charge in [0.15, 0.2) is 0 Å². The third-order valence-corrected chi connectivity index (χ3v) is 4.36. The zero-order valence-electron chi connectivity index (χ0n) is 12.5. The molecule has 0 radical (unpaired) electrons. The van der Waals surface area contributed by atoms with Crippen molar-refractivity contribution in [3.8, 4) is 0 Å². The number of rotatable bonds is 5. The van der Waals surface area contributed by atoms with Gasteiger partial charge in [0.2, 0.25) is 0 Å². The Balaban J connectivity index is 1.49. The molecule has 1 saturated carbocycles. The van der Waals surface area contributed by atoms with E-state index in [0.717, 1.165) is 31.3 Å². The molecule has 5 heteroatoms. The average molecular weight is 275 g/mol. The molecule has 0 spiro atoms. The minimum Gasteiger partial charge on any atom is -0.368 e. The van der Waals surface area contributed by atoms with Crippen LogP contribution in [0.5, 0.6) is 0 Å². The topological polar surface area (TPSA) is 44.3 Å². The summed E-state index contributed by atoms with van der Waals surface area (Å²) >= 11 is 0. The molecular formula is C15H25N5. The summed E-state index contributed by atoms with van der Waals surface area (Å²) in [5, 5.41) is 3.47. The van der Waals surface area contributed by atoms with Crippen molar-refractivity contribution >= 4 is 5.82 Å². The van der Waals surface area contributed by atoms with Crippen LogP contribution in [0.25, 0.3) is 0 Å². The predicted molar refractivity (Wildman–Crippen MR) is 81.0 cm³/mol. The van der Waals surface area contributed by atoms with Crippen LogP contribution in [0.1, 0.15) is 31.5 Å². The molecule has 20 heavy (non-hydrogen) atoms. The third-order valence-electron chi connectivity index (χ3n) is 4.36. The van der Waals surface area contributed by atoms with Crippen LogP contribution < -0.4 is 5.32 Å². The Morgan fingerprint density at radius 1 is 1.30 bits per heavy atom. The van der Waals surface area contributed by atoms with Gasteiger partial charge in [0.1, 0.15) is 11.6 Å². The van der Waals surface area contributed by atoms with Gasteiger partial charge < -0.3 is 10.2 Å². The monoisotopic (exact) mass is 275 g/mol. The Morgan fingerprint density at radius 2 is 2.05 bits per heavy atom. The molecule has 1 aliphatic carbocycles. The van der Waals surface area contributed by atoms with Crippen LogP contribution in [-0.2, 0) is 0 Å². The number of hydrogen-bond acceptors (Lipinski definition) is 5. The van der Waals surface area contributed by atoms with Gasteiger partial charge in [0, 0.05) is 50.9 Å². The Hall–Kier alpha value is -1.20. The fourth-order valence-electron chi connectivity index (χ4n) is 2.65. The summed E-state index contributed by atoms with van der Waals surface area (Å²) in [5.74, 6) is 2.61. The summed E-state index contributed by atoms with van der Waals surface area (Å²) in [6.07, 6.45) is 4.38. The van der Waals surface area contributed by atoms with E-state index in [1.807, 2.05) is 12.3 Å². The fourth-order valence-corrected chi connectivity index (χ4v) is 2.65. The molecule has 2 aliphatic rings. The highest BCUT2D eigenvalue weighted by atomic mass is 15.3. The molecule has 1 atom stereocenters. The number of aromatic nitrogens is 2. The molecule has 1 aliphatic heterocycles. The average Bonchev–Trinajstić information content (AvgIpc) is 3.30. The van der Waals surface area contributed by atoms with Crippen molar-refractivity contribution in [1.29, 1.82) is 0 Å². The second-order valence-corrected chi connectivity index (χ2v) is 6.14. The van der Waals surface area contributed by atoms with E-state index in [4.69, 9.17) is 0 Å². The summed E-state index contributed by atoms with van der Waals surface area (Å²) in [6.45, 7) is 7.91. The van der Waals surface area contributed by atoms with E-state index in [2.05, 4.69) is 39.1 Å². The van der Waals surface area contributed by atoms with Crippen molar-refractivity contribution in [1.82, 2.24) is 19.8 Å². The molecule has 1 aromatic heterocycles. The van der Waals surface area contributed by atoms with Crippen LogP contribution in [0.4, 0.5) is 5.82 Å². The summed E-state index contributed by atoms with van der Waals surface area (Å²) in [7, 11) is 2.19. The van der Waals surface area contributed by atoms with E-state index in [1.165, 1.54) is 25.9 Å². The fraction of sp³-hybridized carbons (Fsp3) is 0.733. The van der Waals surface area contributed by atoms with Crippen molar-refractivity contribution in [2.75, 3.05) is 45.1 Å². The highest BCUT2D eigenvalue weighted by Gasteiger charge is 2.26. The van der Waals surface area contributed by atoms with Crippen molar-refractivity contribution in [2.24, 2.45) is 0 Å². The van der Waals surface area contributed by atoms with Crippen LogP contribution in [0.15, 0.2) is 12.3 Å². The lowest BCUT2D eigenvalue weighted by molar-refractivity contribution is 0.123. The van der Waals surface area contributed by atoms with Crippen molar-refractivity contribution < 1.29 is 0 Å². The molecule has 2 heterocycles. The zero-order chi connectivity index (χ0) is 13.9. The Morgan fingerprint density at radius 3 is 2.75 bits per heavy atom. The van der Waals surface area contributed by atoms with Gasteiger partial charge in [-0.25, -0.2) is 9.97 Å². The first-order valence-corrected chi connectivity index (χ1v) is 7.72. The Bertz CT molecular complexity index is 438. The maximum atomic E-state index is 4.61. The molecule has 2 fully saturated rings. The molecular weight excluding hydrogens is 250 g/mol. The first kappa shape index (κ1) is 13.8. The largest absolute Gasteiger partial charge is 0.368 e. The van der Waals surface area contributed by atoms with E-state index in [1.54, 1.807) is 0 Å². The molecule has 0 aromatic carbocycles. The number of piperazine rings is 1. The third kappa shape index (κ3) is 3.46. The van der Waals surface area contributed by atoms with E-state index in [0.29, 0.717) is 12.0 Å². The number of nitrogens with zero attached hydrogens (tertiary/aromatic N) is 4. The van der Waals surface area contributed by atoms with Crippen molar-refractivity contribution in [3.05, 3.63) is 18.1 Å². The molecule has 1 saturated heterocycles. The first-order chi connectivity index (χ1) is 9.72. The van der Waals surface area contributed by atoms with Crippen molar-refractivity contribution in [3.63, 3.8) is 0 Å². The van der Waals surface area contributed by atoms with E-state index >= 15 is 0 Å². The molecule has 110 valence electrons. The lowest BCUT2D eigenvalue weighted by atomic mass is 10.2. The van der Waals surface area contributed by atoms with Crippen molar-refractivity contribution in [2.45, 2.75) is 31.7 Å². The minimum absolute atomic E-state index is 0.544. The minimum atomic E-state index is 0.544. The van der Waals surface area contributed by atoms with E-state index in [-0.39, 0.29) is 0 Å². The predicted octanol–water partition coefficient (Wildman–Crippen LogP) is 1.40. The summed E-state index contributed by atoms with van der Waals surface area (Å²) in [4.78, 5) is 13.9. The molecule has 0 bridgehead atoms. The maximum absolute atomic E-state index is 4.61. The number of nitrogens with one attached hydrogen (secondary N) is 1. The normalized spacial score (nSPS) is 22.7. The maximum Gasteiger partial charge on any atom is 0.133 e. The molecule has 3 rings (SSSR count). The smallest absolute Gasteiger partial charge is 0.133 e. The molecule has 5 nitrogen and oxygen atoms in total. The van der Waals surface area contributed by atoms with Gasteiger partial charge in [-0.1, -0.05) is 0 Å². The highest BCUT2D eigenvalue weighted by molar-refractivity contribution is 5.34. The van der Waals surface area contributed by atoms with Crippen LogP contribution in [0.3, 0.4) is 0 Å². The van der Waals surface area contributed by atoms with Gasteiger partial charge in [-0.15, -0.1) is 0 Å². The van der Waals surface area contributed by atoms with Crippen LogP contribution in [0, 0.1) is 0 Å².